The minimum Gasteiger partial charge on any atom is -0.456 e. The van der Waals surface area contributed by atoms with Crippen LogP contribution in [-0.2, 0) is 13.0 Å². The molecule has 2 aromatic rings. The summed E-state index contributed by atoms with van der Waals surface area (Å²) in [5, 5.41) is 1.30. The number of rotatable bonds is 4. The van der Waals surface area contributed by atoms with E-state index in [0.717, 1.165) is 28.3 Å². The van der Waals surface area contributed by atoms with Crippen molar-refractivity contribution >= 4 is 23.2 Å². The summed E-state index contributed by atoms with van der Waals surface area (Å²) < 4.78 is 5.77. The van der Waals surface area contributed by atoms with Gasteiger partial charge in [-0.2, -0.15) is 0 Å². The molecule has 0 aliphatic carbocycles. The summed E-state index contributed by atoms with van der Waals surface area (Å²) >= 11 is 12.2. The average molecular weight is 296 g/mol. The van der Waals surface area contributed by atoms with Gasteiger partial charge in [0.25, 0.3) is 0 Å². The summed E-state index contributed by atoms with van der Waals surface area (Å²) in [6.45, 7) is 2.51. The van der Waals surface area contributed by atoms with Crippen molar-refractivity contribution in [2.24, 2.45) is 5.73 Å². The van der Waals surface area contributed by atoms with Gasteiger partial charge in [-0.3, -0.25) is 0 Å². The maximum atomic E-state index is 6.16. The Bertz CT molecular complexity index is 584. The number of ether oxygens (including phenoxy) is 1. The summed E-state index contributed by atoms with van der Waals surface area (Å²) in [5.74, 6) is 1.34. The lowest BCUT2D eigenvalue weighted by Crippen LogP contribution is -1.96. The largest absolute Gasteiger partial charge is 0.456 e. The van der Waals surface area contributed by atoms with Gasteiger partial charge in [0.15, 0.2) is 0 Å². The number of hydrogen-bond donors (Lipinski definition) is 1. The fourth-order valence-electron chi connectivity index (χ4n) is 1.77. The van der Waals surface area contributed by atoms with Crippen LogP contribution in [0.2, 0.25) is 10.0 Å². The predicted octanol–water partition coefficient (Wildman–Crippen LogP) is 4.81. The zero-order chi connectivity index (χ0) is 13.8. The van der Waals surface area contributed by atoms with E-state index < -0.39 is 0 Å². The molecule has 0 aliphatic heterocycles. The van der Waals surface area contributed by atoms with E-state index in [9.17, 15) is 0 Å². The number of aryl methyl sites for hydroxylation is 1. The van der Waals surface area contributed by atoms with E-state index in [1.54, 1.807) is 0 Å². The third-order valence-corrected chi connectivity index (χ3v) is 3.52. The molecule has 100 valence electrons. The Balaban J connectivity index is 2.26. The van der Waals surface area contributed by atoms with Crippen LogP contribution in [0.1, 0.15) is 18.1 Å². The highest BCUT2D eigenvalue weighted by Crippen LogP contribution is 2.32. The van der Waals surface area contributed by atoms with Gasteiger partial charge in [-0.1, -0.05) is 36.2 Å². The Morgan fingerprint density at radius 1 is 1.05 bits per heavy atom. The molecule has 4 heteroatoms. The van der Waals surface area contributed by atoms with Crippen LogP contribution < -0.4 is 10.5 Å². The molecule has 2 rings (SSSR count). The SMILES string of the molecule is CCc1cc(Oc2ccc(CN)cc2Cl)ccc1Cl. The van der Waals surface area contributed by atoms with Gasteiger partial charge in [-0.15, -0.1) is 0 Å². The summed E-state index contributed by atoms with van der Waals surface area (Å²) in [6.07, 6.45) is 0.857. The van der Waals surface area contributed by atoms with E-state index in [4.69, 9.17) is 33.7 Å². The topological polar surface area (TPSA) is 35.2 Å². The van der Waals surface area contributed by atoms with E-state index >= 15 is 0 Å². The molecule has 0 saturated carbocycles. The Morgan fingerprint density at radius 2 is 1.84 bits per heavy atom. The zero-order valence-electron chi connectivity index (χ0n) is 10.6. The van der Waals surface area contributed by atoms with Crippen molar-refractivity contribution in [3.05, 3.63) is 57.6 Å². The van der Waals surface area contributed by atoms with Gasteiger partial charge in [0.2, 0.25) is 0 Å². The maximum absolute atomic E-state index is 6.16. The Hall–Kier alpha value is -1.22. The molecule has 0 amide bonds. The third-order valence-electron chi connectivity index (χ3n) is 2.86. The Labute approximate surface area is 123 Å². The summed E-state index contributed by atoms with van der Waals surface area (Å²) in [4.78, 5) is 0. The van der Waals surface area contributed by atoms with Crippen LogP contribution in [0.15, 0.2) is 36.4 Å². The highest BCUT2D eigenvalue weighted by Gasteiger charge is 2.06. The van der Waals surface area contributed by atoms with Gasteiger partial charge in [-0.05, 0) is 47.9 Å². The van der Waals surface area contributed by atoms with E-state index in [2.05, 4.69) is 0 Å². The number of nitrogens with two attached hydrogens (primary N) is 1. The van der Waals surface area contributed by atoms with Gasteiger partial charge < -0.3 is 10.5 Å². The van der Waals surface area contributed by atoms with E-state index in [0.29, 0.717) is 17.3 Å². The van der Waals surface area contributed by atoms with E-state index in [1.165, 1.54) is 0 Å². The third kappa shape index (κ3) is 3.41. The maximum Gasteiger partial charge on any atom is 0.146 e. The average Bonchev–Trinajstić information content (AvgIpc) is 2.43. The lowest BCUT2D eigenvalue weighted by Gasteiger charge is -2.10. The zero-order valence-corrected chi connectivity index (χ0v) is 12.1. The van der Waals surface area contributed by atoms with Crippen LogP contribution in [0.4, 0.5) is 0 Å². The molecule has 0 atom stereocenters. The van der Waals surface area contributed by atoms with Gasteiger partial charge in [0.1, 0.15) is 11.5 Å². The highest BCUT2D eigenvalue weighted by atomic mass is 35.5. The minimum atomic E-state index is 0.459. The van der Waals surface area contributed by atoms with Gasteiger partial charge >= 0.3 is 0 Å². The molecular formula is C15H15Cl2NO. The number of halogens is 2. The first-order chi connectivity index (χ1) is 9.13. The highest BCUT2D eigenvalue weighted by molar-refractivity contribution is 6.32. The molecule has 0 bridgehead atoms. The number of hydrogen-bond acceptors (Lipinski definition) is 2. The summed E-state index contributed by atoms with van der Waals surface area (Å²) in [7, 11) is 0. The Kier molecular flexibility index (Phi) is 4.70. The summed E-state index contributed by atoms with van der Waals surface area (Å²) in [6, 6.07) is 11.1. The quantitative estimate of drug-likeness (QED) is 0.879. The lowest BCUT2D eigenvalue weighted by atomic mass is 10.1. The molecule has 0 fully saturated rings. The predicted molar refractivity (Wildman–Crippen MR) is 80.2 cm³/mol. The second kappa shape index (κ2) is 6.29. The number of benzene rings is 2. The van der Waals surface area contributed by atoms with Crippen molar-refractivity contribution in [2.75, 3.05) is 0 Å². The smallest absolute Gasteiger partial charge is 0.146 e. The van der Waals surface area contributed by atoms with Crippen molar-refractivity contribution < 1.29 is 4.74 Å². The molecule has 0 aliphatic rings. The van der Waals surface area contributed by atoms with Crippen LogP contribution in [0.5, 0.6) is 11.5 Å². The van der Waals surface area contributed by atoms with Crippen molar-refractivity contribution in [1.82, 2.24) is 0 Å². The molecule has 19 heavy (non-hydrogen) atoms. The Morgan fingerprint density at radius 3 is 2.47 bits per heavy atom. The van der Waals surface area contributed by atoms with Crippen LogP contribution in [-0.4, -0.2) is 0 Å². The molecular weight excluding hydrogens is 281 g/mol. The molecule has 2 nitrogen and oxygen atoms in total. The van der Waals surface area contributed by atoms with Gasteiger partial charge in [-0.25, -0.2) is 0 Å². The van der Waals surface area contributed by atoms with Crippen LogP contribution in [0.3, 0.4) is 0 Å². The normalized spacial score (nSPS) is 10.5. The van der Waals surface area contributed by atoms with Gasteiger partial charge in [0.05, 0.1) is 5.02 Å². The molecule has 0 unspecified atom stereocenters. The molecule has 0 aromatic heterocycles. The van der Waals surface area contributed by atoms with Crippen molar-refractivity contribution in [2.45, 2.75) is 19.9 Å². The molecule has 0 spiro atoms. The molecule has 0 saturated heterocycles. The first-order valence-electron chi connectivity index (χ1n) is 6.08. The van der Waals surface area contributed by atoms with E-state index in [-0.39, 0.29) is 0 Å². The summed E-state index contributed by atoms with van der Waals surface area (Å²) in [5.41, 5.74) is 7.59. The molecule has 2 N–H and O–H groups in total. The van der Waals surface area contributed by atoms with Crippen molar-refractivity contribution in [1.29, 1.82) is 0 Å². The monoisotopic (exact) mass is 295 g/mol. The van der Waals surface area contributed by atoms with Crippen molar-refractivity contribution in [3.8, 4) is 11.5 Å². The minimum absolute atomic E-state index is 0.459. The molecule has 0 radical (unpaired) electrons. The first kappa shape index (κ1) is 14.2. The van der Waals surface area contributed by atoms with Crippen LogP contribution >= 0.6 is 23.2 Å². The molecule has 0 heterocycles. The second-order valence-electron chi connectivity index (χ2n) is 4.18. The first-order valence-corrected chi connectivity index (χ1v) is 6.84. The second-order valence-corrected chi connectivity index (χ2v) is 4.99. The van der Waals surface area contributed by atoms with Gasteiger partial charge in [0, 0.05) is 11.6 Å². The van der Waals surface area contributed by atoms with E-state index in [1.807, 2.05) is 43.3 Å². The van der Waals surface area contributed by atoms with Crippen LogP contribution in [0, 0.1) is 0 Å². The standard InChI is InChI=1S/C15H15Cl2NO/c1-2-11-8-12(4-5-13(11)16)19-15-6-3-10(9-18)7-14(15)17/h3-8H,2,9,18H2,1H3. The lowest BCUT2D eigenvalue weighted by molar-refractivity contribution is 0.482. The fraction of sp³-hybridized carbons (Fsp3) is 0.200. The van der Waals surface area contributed by atoms with Crippen LogP contribution in [0.25, 0.3) is 0 Å². The van der Waals surface area contributed by atoms with Crippen molar-refractivity contribution in [3.63, 3.8) is 0 Å². The molecule has 2 aromatic carbocycles. The fourth-order valence-corrected chi connectivity index (χ4v) is 2.26.